The lowest BCUT2D eigenvalue weighted by Crippen LogP contribution is -2.30. The van der Waals surface area contributed by atoms with Crippen LogP contribution in [0.15, 0.2) is 48.5 Å². The number of rotatable bonds is 4. The number of hydrogen-bond acceptors (Lipinski definition) is 5. The summed E-state index contributed by atoms with van der Waals surface area (Å²) in [6.07, 6.45) is 0. The van der Waals surface area contributed by atoms with Gasteiger partial charge >= 0.3 is 0 Å². The fraction of sp³-hybridized carbons (Fsp3) is 0.150. The van der Waals surface area contributed by atoms with E-state index in [0.717, 1.165) is 17.1 Å². The molecular weight excluding hydrogens is 346 g/mol. The molecule has 27 heavy (non-hydrogen) atoms. The number of phenols is 1. The summed E-state index contributed by atoms with van der Waals surface area (Å²) in [5.41, 5.74) is 3.01. The maximum Gasteiger partial charge on any atom is 0.261 e. The lowest BCUT2D eigenvalue weighted by atomic mass is 10.1. The highest BCUT2D eigenvalue weighted by molar-refractivity contribution is 6.11. The van der Waals surface area contributed by atoms with Gasteiger partial charge in [-0.2, -0.15) is 5.10 Å². The Morgan fingerprint density at radius 1 is 1.04 bits per heavy atom. The number of imide groups is 1. The van der Waals surface area contributed by atoms with E-state index in [4.69, 9.17) is 4.74 Å². The molecule has 0 spiro atoms. The molecule has 0 radical (unpaired) electrons. The standard InChI is InChI=1S/C20H19N3O4/c1-12-10-13(2)23(22-12)15-6-4-14(5-7-15)19(25)21-20(26)17-9-8-16(27-3)11-18(17)24/h4-11,24H,1-3H3,(H,21,25,26). The number of amides is 2. The minimum absolute atomic E-state index is 0.0107. The normalized spacial score (nSPS) is 10.5. The van der Waals surface area contributed by atoms with E-state index in [-0.39, 0.29) is 11.3 Å². The molecule has 1 heterocycles. The lowest BCUT2D eigenvalue weighted by Gasteiger charge is -2.08. The molecule has 0 aliphatic carbocycles. The second-order valence-electron chi connectivity index (χ2n) is 6.05. The molecular formula is C20H19N3O4. The zero-order valence-electron chi connectivity index (χ0n) is 15.2. The van der Waals surface area contributed by atoms with Gasteiger partial charge < -0.3 is 9.84 Å². The monoisotopic (exact) mass is 365 g/mol. The van der Waals surface area contributed by atoms with Crippen LogP contribution in [0.5, 0.6) is 11.5 Å². The fourth-order valence-corrected chi connectivity index (χ4v) is 2.72. The highest BCUT2D eigenvalue weighted by Gasteiger charge is 2.16. The zero-order chi connectivity index (χ0) is 19.6. The smallest absolute Gasteiger partial charge is 0.261 e. The van der Waals surface area contributed by atoms with E-state index in [1.54, 1.807) is 28.9 Å². The molecule has 0 unspecified atom stereocenters. The summed E-state index contributed by atoms with van der Waals surface area (Å²) < 4.78 is 6.75. The molecule has 0 saturated carbocycles. The Hall–Kier alpha value is -3.61. The SMILES string of the molecule is COc1ccc(C(=O)NC(=O)c2ccc(-n3nc(C)cc3C)cc2)c(O)c1. The molecule has 2 amide bonds. The summed E-state index contributed by atoms with van der Waals surface area (Å²) in [7, 11) is 1.45. The summed E-state index contributed by atoms with van der Waals surface area (Å²) in [6, 6.07) is 12.9. The highest BCUT2D eigenvalue weighted by atomic mass is 16.5. The predicted molar refractivity (Wildman–Crippen MR) is 99.5 cm³/mol. The molecule has 2 aromatic carbocycles. The summed E-state index contributed by atoms with van der Waals surface area (Å²) in [6.45, 7) is 3.85. The number of aromatic nitrogens is 2. The maximum atomic E-state index is 12.3. The number of nitrogens with one attached hydrogen (secondary N) is 1. The van der Waals surface area contributed by atoms with Crippen molar-refractivity contribution in [1.29, 1.82) is 0 Å². The van der Waals surface area contributed by atoms with Crippen LogP contribution in [0.1, 0.15) is 32.1 Å². The Bertz CT molecular complexity index is 1010. The van der Waals surface area contributed by atoms with Crippen LogP contribution in [0.25, 0.3) is 5.69 Å². The number of carbonyl (C=O) groups excluding carboxylic acids is 2. The maximum absolute atomic E-state index is 12.3. The first-order valence-electron chi connectivity index (χ1n) is 8.25. The van der Waals surface area contributed by atoms with E-state index in [9.17, 15) is 14.7 Å². The van der Waals surface area contributed by atoms with Crippen LogP contribution < -0.4 is 10.1 Å². The largest absolute Gasteiger partial charge is 0.507 e. The van der Waals surface area contributed by atoms with Crippen molar-refractivity contribution in [2.45, 2.75) is 13.8 Å². The van der Waals surface area contributed by atoms with Crippen molar-refractivity contribution in [3.63, 3.8) is 0 Å². The number of aryl methyl sites for hydroxylation is 2. The molecule has 0 atom stereocenters. The molecule has 0 fully saturated rings. The van der Waals surface area contributed by atoms with Crippen molar-refractivity contribution in [1.82, 2.24) is 15.1 Å². The quantitative estimate of drug-likeness (QED) is 0.694. The Morgan fingerprint density at radius 2 is 1.74 bits per heavy atom. The second-order valence-corrected chi connectivity index (χ2v) is 6.05. The van der Waals surface area contributed by atoms with Gasteiger partial charge in [-0.3, -0.25) is 14.9 Å². The molecule has 3 rings (SSSR count). The third-order valence-electron chi connectivity index (χ3n) is 4.06. The van der Waals surface area contributed by atoms with Crippen molar-refractivity contribution in [2.24, 2.45) is 0 Å². The first kappa shape index (κ1) is 18.2. The van der Waals surface area contributed by atoms with Crippen LogP contribution in [0.4, 0.5) is 0 Å². The van der Waals surface area contributed by atoms with E-state index in [0.29, 0.717) is 11.3 Å². The summed E-state index contributed by atoms with van der Waals surface area (Å²) >= 11 is 0. The predicted octanol–water partition coefficient (Wildman–Crippen LogP) is 2.77. The molecule has 3 aromatic rings. The van der Waals surface area contributed by atoms with Crippen LogP contribution in [0.3, 0.4) is 0 Å². The average Bonchev–Trinajstić information content (AvgIpc) is 2.99. The number of aromatic hydroxyl groups is 1. The minimum atomic E-state index is -0.692. The van der Waals surface area contributed by atoms with Crippen molar-refractivity contribution >= 4 is 11.8 Å². The fourth-order valence-electron chi connectivity index (χ4n) is 2.72. The van der Waals surface area contributed by atoms with Crippen LogP contribution in [0.2, 0.25) is 0 Å². The van der Waals surface area contributed by atoms with E-state index >= 15 is 0 Å². The van der Waals surface area contributed by atoms with Crippen molar-refractivity contribution in [3.8, 4) is 17.2 Å². The number of benzene rings is 2. The van der Waals surface area contributed by atoms with Gasteiger partial charge in [0.15, 0.2) is 0 Å². The van der Waals surface area contributed by atoms with Gasteiger partial charge in [-0.25, -0.2) is 4.68 Å². The van der Waals surface area contributed by atoms with Gasteiger partial charge in [0.05, 0.1) is 24.1 Å². The number of hydrogen-bond donors (Lipinski definition) is 2. The Balaban J connectivity index is 1.74. The van der Waals surface area contributed by atoms with E-state index in [1.165, 1.54) is 25.3 Å². The minimum Gasteiger partial charge on any atom is -0.507 e. The summed E-state index contributed by atoms with van der Waals surface area (Å²) in [5.74, 6) is -1.10. The topological polar surface area (TPSA) is 93.5 Å². The van der Waals surface area contributed by atoms with Crippen LogP contribution in [0, 0.1) is 13.8 Å². The Morgan fingerprint density at radius 3 is 2.30 bits per heavy atom. The van der Waals surface area contributed by atoms with Gasteiger partial charge in [-0.1, -0.05) is 0 Å². The number of ether oxygens (including phenoxy) is 1. The van der Waals surface area contributed by atoms with Crippen LogP contribution >= 0.6 is 0 Å². The van der Waals surface area contributed by atoms with Crippen molar-refractivity contribution < 1.29 is 19.4 Å². The average molecular weight is 365 g/mol. The van der Waals surface area contributed by atoms with E-state index < -0.39 is 11.8 Å². The van der Waals surface area contributed by atoms with Gasteiger partial charge in [-0.15, -0.1) is 0 Å². The number of nitrogens with zero attached hydrogens (tertiary/aromatic N) is 2. The molecule has 0 saturated heterocycles. The molecule has 138 valence electrons. The van der Waals surface area contributed by atoms with Crippen LogP contribution in [-0.2, 0) is 0 Å². The van der Waals surface area contributed by atoms with Crippen molar-refractivity contribution in [3.05, 3.63) is 71.0 Å². The lowest BCUT2D eigenvalue weighted by molar-refractivity contribution is 0.0848. The zero-order valence-corrected chi connectivity index (χ0v) is 15.2. The second kappa shape index (κ2) is 7.33. The van der Waals surface area contributed by atoms with E-state index in [2.05, 4.69) is 10.4 Å². The van der Waals surface area contributed by atoms with Gasteiger partial charge in [0.1, 0.15) is 11.5 Å². The molecule has 1 aromatic heterocycles. The van der Waals surface area contributed by atoms with Gasteiger partial charge in [0.2, 0.25) is 0 Å². The van der Waals surface area contributed by atoms with Gasteiger partial charge in [0.25, 0.3) is 11.8 Å². The van der Waals surface area contributed by atoms with Gasteiger partial charge in [-0.05, 0) is 56.3 Å². The Kier molecular flexibility index (Phi) is 4.94. The number of methoxy groups -OCH3 is 1. The first-order valence-corrected chi connectivity index (χ1v) is 8.25. The molecule has 0 aliphatic rings. The molecule has 7 nitrogen and oxygen atoms in total. The third kappa shape index (κ3) is 3.82. The number of phenolic OH excluding ortho intramolecular Hbond substituents is 1. The highest BCUT2D eigenvalue weighted by Crippen LogP contribution is 2.23. The molecule has 2 N–H and O–H groups in total. The third-order valence-corrected chi connectivity index (χ3v) is 4.06. The number of carbonyl (C=O) groups is 2. The molecule has 0 bridgehead atoms. The summed E-state index contributed by atoms with van der Waals surface area (Å²) in [4.78, 5) is 24.6. The van der Waals surface area contributed by atoms with Crippen molar-refractivity contribution in [2.75, 3.05) is 7.11 Å². The summed E-state index contributed by atoms with van der Waals surface area (Å²) in [5, 5.41) is 16.6. The van der Waals surface area contributed by atoms with Gasteiger partial charge in [0, 0.05) is 17.3 Å². The molecule has 0 aliphatic heterocycles. The molecule has 7 heteroatoms. The van der Waals surface area contributed by atoms with E-state index in [1.807, 2.05) is 19.9 Å². The Labute approximate surface area is 156 Å². The first-order chi connectivity index (χ1) is 12.9. The van der Waals surface area contributed by atoms with Crippen LogP contribution in [-0.4, -0.2) is 33.8 Å².